The smallest absolute Gasteiger partial charge is 0.407 e. The van der Waals surface area contributed by atoms with Crippen molar-refractivity contribution in [3.8, 4) is 0 Å². The Hall–Kier alpha value is -1.67. The van der Waals surface area contributed by atoms with E-state index in [1.54, 1.807) is 20.8 Å². The number of halogens is 2. The van der Waals surface area contributed by atoms with Crippen LogP contribution in [0.1, 0.15) is 44.7 Å². The Kier molecular flexibility index (Phi) is 4.77. The number of nitrogens with zero attached hydrogens (tertiary/aromatic N) is 2. The van der Waals surface area contributed by atoms with E-state index in [-0.39, 0.29) is 30.6 Å². The molecule has 3 rings (SSSR count). The van der Waals surface area contributed by atoms with Crippen LogP contribution in [0, 0.1) is 17.0 Å². The van der Waals surface area contributed by atoms with Crippen molar-refractivity contribution in [3.05, 3.63) is 34.9 Å². The summed E-state index contributed by atoms with van der Waals surface area (Å²) in [7, 11) is 0. The fourth-order valence-electron chi connectivity index (χ4n) is 3.61. The topological polar surface area (TPSA) is 76.0 Å². The van der Waals surface area contributed by atoms with Gasteiger partial charge in [-0.05, 0) is 52.2 Å². The number of likely N-dealkylation sites (tertiary alicyclic amines) is 1. The maximum absolute atomic E-state index is 14.6. The number of amides is 1. The van der Waals surface area contributed by atoms with Crippen LogP contribution in [-0.4, -0.2) is 44.2 Å². The molecule has 1 amide bonds. The summed E-state index contributed by atoms with van der Waals surface area (Å²) in [4.78, 5) is 12.5. The van der Waals surface area contributed by atoms with Crippen LogP contribution in [0.5, 0.6) is 0 Å². The summed E-state index contributed by atoms with van der Waals surface area (Å²) in [6, 6.07) is 2.16. The Balaban J connectivity index is 2.08. The third-order valence-electron chi connectivity index (χ3n) is 5.15. The van der Waals surface area contributed by atoms with Gasteiger partial charge in [-0.15, -0.1) is 0 Å². The minimum Gasteiger partial charge on any atom is -0.591 e. The number of fused-ring (bicyclic) bond motifs is 1. The van der Waals surface area contributed by atoms with Crippen molar-refractivity contribution in [3.63, 3.8) is 0 Å². The predicted octanol–water partition coefficient (Wildman–Crippen LogP) is 3.53. The highest BCUT2D eigenvalue weighted by atomic mass is 32.2. The third-order valence-corrected chi connectivity index (χ3v) is 6.54. The molecule has 2 aliphatic rings. The Morgan fingerprint density at radius 2 is 1.85 bits per heavy atom. The van der Waals surface area contributed by atoms with Crippen molar-refractivity contribution < 1.29 is 23.2 Å². The third kappa shape index (κ3) is 3.20. The average molecular weight is 384 g/mol. The minimum absolute atomic E-state index is 0.103. The second kappa shape index (κ2) is 6.49. The molecule has 142 valence electrons. The number of hydrogen-bond acceptors (Lipinski definition) is 3. The number of hydrogen-bond donors (Lipinski definition) is 1. The Morgan fingerprint density at radius 3 is 2.38 bits per heavy atom. The van der Waals surface area contributed by atoms with Crippen LogP contribution in [0.4, 0.5) is 13.6 Å². The summed E-state index contributed by atoms with van der Waals surface area (Å²) >= 11 is -1.63. The van der Waals surface area contributed by atoms with E-state index in [9.17, 15) is 23.2 Å². The molecule has 0 saturated carbocycles. The molecular weight excluding hydrogens is 362 g/mol. The van der Waals surface area contributed by atoms with Crippen LogP contribution in [-0.2, 0) is 17.8 Å². The van der Waals surface area contributed by atoms with Crippen LogP contribution in [0.25, 0.3) is 0 Å². The number of piperidine rings is 1. The monoisotopic (exact) mass is 384 g/mol. The van der Waals surface area contributed by atoms with Gasteiger partial charge >= 0.3 is 6.09 Å². The second-order valence-corrected chi connectivity index (χ2v) is 9.82. The lowest BCUT2D eigenvalue weighted by atomic mass is 9.74. The van der Waals surface area contributed by atoms with E-state index in [0.29, 0.717) is 18.6 Å². The van der Waals surface area contributed by atoms with E-state index in [1.807, 2.05) is 0 Å². The van der Waals surface area contributed by atoms with Gasteiger partial charge in [-0.3, -0.25) is 0 Å². The van der Waals surface area contributed by atoms with Crippen LogP contribution in [0.15, 0.2) is 16.5 Å². The van der Waals surface area contributed by atoms with Crippen molar-refractivity contribution in [2.75, 3.05) is 13.1 Å². The van der Waals surface area contributed by atoms with Crippen molar-refractivity contribution in [2.24, 2.45) is 9.81 Å². The maximum atomic E-state index is 14.6. The van der Waals surface area contributed by atoms with Crippen molar-refractivity contribution in [1.29, 1.82) is 0 Å². The largest absolute Gasteiger partial charge is 0.591 e. The van der Waals surface area contributed by atoms with Crippen LogP contribution >= 0.6 is 0 Å². The Labute approximate surface area is 154 Å². The number of carbonyl (C=O) groups is 1. The predicted molar refractivity (Wildman–Crippen MR) is 95.8 cm³/mol. The molecule has 8 heteroatoms. The Morgan fingerprint density at radius 1 is 1.27 bits per heavy atom. The van der Waals surface area contributed by atoms with Gasteiger partial charge in [0.05, 0.1) is 0 Å². The fraction of sp³-hybridized carbons (Fsp3) is 0.556. The SMILES string of the molecule is CC(C)(C)[S+]([O-])N=C1c2c(F)ccc(F)c2CC12CCN(C(=O)O)CC2. The van der Waals surface area contributed by atoms with Crippen LogP contribution in [0.2, 0.25) is 0 Å². The average Bonchev–Trinajstić information content (AvgIpc) is 2.86. The minimum atomic E-state index is -1.63. The molecule has 1 unspecified atom stereocenters. The van der Waals surface area contributed by atoms with Gasteiger partial charge in [0.2, 0.25) is 0 Å². The summed E-state index contributed by atoms with van der Waals surface area (Å²) in [6.45, 7) is 5.82. The van der Waals surface area contributed by atoms with Gasteiger partial charge in [-0.1, -0.05) is 4.40 Å². The number of rotatable bonds is 1. The van der Waals surface area contributed by atoms with E-state index < -0.39 is 39.3 Å². The highest BCUT2D eigenvalue weighted by Gasteiger charge is 2.50. The summed E-state index contributed by atoms with van der Waals surface area (Å²) in [5.74, 6) is -1.09. The van der Waals surface area contributed by atoms with Gasteiger partial charge < -0.3 is 14.6 Å². The first-order valence-electron chi connectivity index (χ1n) is 8.51. The molecule has 0 bridgehead atoms. The molecule has 1 N–H and O–H groups in total. The number of benzene rings is 1. The van der Waals surface area contributed by atoms with Crippen LogP contribution in [0.3, 0.4) is 0 Å². The molecule has 1 atom stereocenters. The van der Waals surface area contributed by atoms with E-state index in [0.717, 1.165) is 12.1 Å². The maximum Gasteiger partial charge on any atom is 0.407 e. The van der Waals surface area contributed by atoms with Gasteiger partial charge in [0, 0.05) is 29.6 Å². The zero-order valence-electron chi connectivity index (χ0n) is 15.0. The van der Waals surface area contributed by atoms with Crippen LogP contribution < -0.4 is 0 Å². The van der Waals surface area contributed by atoms with Gasteiger partial charge in [0.1, 0.15) is 33.5 Å². The Bertz CT molecular complexity index is 768. The molecule has 5 nitrogen and oxygen atoms in total. The standard InChI is InChI=1S/C18H22F2N2O3S/c1-17(2,3)26(25)21-15-14-11(12(19)4-5-13(14)20)10-18(15)6-8-22(9-7-18)16(23)24/h4-5H,6-10H2,1-3H3,(H,23,24). The van der Waals surface area contributed by atoms with Gasteiger partial charge in [0.15, 0.2) is 0 Å². The first-order valence-corrected chi connectivity index (χ1v) is 9.62. The van der Waals surface area contributed by atoms with Gasteiger partial charge in [-0.25, -0.2) is 13.6 Å². The van der Waals surface area contributed by atoms with E-state index >= 15 is 0 Å². The molecule has 0 radical (unpaired) electrons. The molecule has 1 aromatic carbocycles. The van der Waals surface area contributed by atoms with Gasteiger partial charge in [0.25, 0.3) is 0 Å². The molecule has 1 aliphatic carbocycles. The lowest BCUT2D eigenvalue weighted by Gasteiger charge is -2.38. The molecule has 0 aromatic heterocycles. The molecule has 1 aromatic rings. The highest BCUT2D eigenvalue weighted by molar-refractivity contribution is 7.91. The highest BCUT2D eigenvalue weighted by Crippen LogP contribution is 2.47. The molecule has 1 heterocycles. The normalized spacial score (nSPS) is 21.9. The molecule has 1 fully saturated rings. The first kappa shape index (κ1) is 19.1. The summed E-state index contributed by atoms with van der Waals surface area (Å²) < 4.78 is 45.3. The van der Waals surface area contributed by atoms with Crippen molar-refractivity contribution >= 4 is 23.2 Å². The zero-order chi connectivity index (χ0) is 19.3. The molecule has 26 heavy (non-hydrogen) atoms. The second-order valence-electron chi connectivity index (χ2n) is 7.91. The zero-order valence-corrected chi connectivity index (χ0v) is 15.8. The molecule has 1 spiro atoms. The van der Waals surface area contributed by atoms with Crippen molar-refractivity contribution in [2.45, 2.75) is 44.8 Å². The van der Waals surface area contributed by atoms with E-state index in [4.69, 9.17) is 0 Å². The molecule has 1 saturated heterocycles. The fourth-order valence-corrected chi connectivity index (χ4v) is 4.34. The first-order chi connectivity index (χ1) is 12.0. The van der Waals surface area contributed by atoms with E-state index in [1.165, 1.54) is 4.90 Å². The lowest BCUT2D eigenvalue weighted by Crippen LogP contribution is -2.46. The quantitative estimate of drug-likeness (QED) is 0.753. The molecule has 1 aliphatic heterocycles. The lowest BCUT2D eigenvalue weighted by molar-refractivity contribution is 0.114. The summed E-state index contributed by atoms with van der Waals surface area (Å²) in [6.07, 6.45) is 0.0316. The molecular formula is C18H22F2N2O3S. The van der Waals surface area contributed by atoms with Gasteiger partial charge in [-0.2, -0.15) is 0 Å². The summed E-state index contributed by atoms with van der Waals surface area (Å²) in [5, 5.41) is 9.18. The van der Waals surface area contributed by atoms with E-state index in [2.05, 4.69) is 4.40 Å². The van der Waals surface area contributed by atoms with Crippen molar-refractivity contribution in [1.82, 2.24) is 4.90 Å². The number of carboxylic acid groups (broad SMARTS) is 1. The summed E-state index contributed by atoms with van der Waals surface area (Å²) in [5.41, 5.74) is -0.00861.